The average Bonchev–Trinajstić information content (AvgIpc) is 3.27. The van der Waals surface area contributed by atoms with Gasteiger partial charge in [-0.3, -0.25) is 9.69 Å². The largest absolute Gasteiger partial charge is 0.379 e. The lowest BCUT2D eigenvalue weighted by atomic mass is 10.2. The first kappa shape index (κ1) is 24.7. The summed E-state index contributed by atoms with van der Waals surface area (Å²) >= 11 is 1.25. The molecule has 3 aromatic rings. The Morgan fingerprint density at radius 2 is 1.82 bits per heavy atom. The third kappa shape index (κ3) is 5.28. The second-order valence-corrected chi connectivity index (χ2v) is 11.2. The number of morpholine rings is 1. The Morgan fingerprint density at radius 1 is 1.12 bits per heavy atom. The van der Waals surface area contributed by atoms with Gasteiger partial charge in [-0.15, -0.1) is 0 Å². The van der Waals surface area contributed by atoms with Gasteiger partial charge in [-0.25, -0.2) is 17.8 Å². The van der Waals surface area contributed by atoms with E-state index in [4.69, 9.17) is 4.74 Å². The molecule has 1 aromatic heterocycles. The van der Waals surface area contributed by atoms with Gasteiger partial charge in [0.05, 0.1) is 22.8 Å². The number of rotatable bonds is 8. The first-order valence-electron chi connectivity index (χ1n) is 11.0. The number of nitrogens with zero attached hydrogens (tertiary/aromatic N) is 4. The Bertz CT molecular complexity index is 1260. The second kappa shape index (κ2) is 10.4. The van der Waals surface area contributed by atoms with Gasteiger partial charge in [-0.05, 0) is 63.5 Å². The van der Waals surface area contributed by atoms with Crippen LogP contribution in [0.15, 0.2) is 47.4 Å². The summed E-state index contributed by atoms with van der Waals surface area (Å²) in [5, 5.41) is 0.411. The van der Waals surface area contributed by atoms with Crippen molar-refractivity contribution in [2.24, 2.45) is 0 Å². The highest BCUT2D eigenvalue weighted by Gasteiger charge is 2.27. The lowest BCUT2D eigenvalue weighted by Crippen LogP contribution is -2.40. The first-order chi connectivity index (χ1) is 16.3. The molecule has 1 saturated heterocycles. The number of halogens is 1. The fraction of sp³-hybridized carbons (Fsp3) is 0.391. The predicted molar refractivity (Wildman–Crippen MR) is 130 cm³/mol. The van der Waals surface area contributed by atoms with E-state index in [2.05, 4.69) is 4.98 Å². The van der Waals surface area contributed by atoms with E-state index >= 15 is 0 Å². The molecule has 11 heteroatoms. The van der Waals surface area contributed by atoms with Gasteiger partial charge < -0.3 is 9.64 Å². The van der Waals surface area contributed by atoms with Crippen LogP contribution in [0.4, 0.5) is 9.52 Å². The number of anilines is 1. The zero-order valence-electron chi connectivity index (χ0n) is 19.1. The number of ether oxygens (including phenoxy) is 1. The van der Waals surface area contributed by atoms with E-state index in [0.29, 0.717) is 54.7 Å². The molecule has 182 valence electrons. The minimum Gasteiger partial charge on any atom is -0.379 e. The van der Waals surface area contributed by atoms with E-state index in [1.54, 1.807) is 17.0 Å². The molecule has 2 aromatic carbocycles. The number of fused-ring (bicyclic) bond motifs is 1. The number of para-hydroxylation sites is 1. The number of carbonyl (C=O) groups is 1. The molecule has 34 heavy (non-hydrogen) atoms. The Morgan fingerprint density at radius 3 is 2.47 bits per heavy atom. The van der Waals surface area contributed by atoms with Gasteiger partial charge in [0.15, 0.2) is 5.13 Å². The molecule has 0 N–H and O–H groups in total. The summed E-state index contributed by atoms with van der Waals surface area (Å²) in [7, 11) is 0.251. The van der Waals surface area contributed by atoms with Gasteiger partial charge in [0.1, 0.15) is 11.3 Å². The van der Waals surface area contributed by atoms with E-state index in [1.807, 2.05) is 19.0 Å². The standard InChI is InChI=1S/C23H27FN4O4S2/c1-26(2)11-4-12-28(23-25-21-19(24)5-3-6-20(21)33-23)22(29)17-7-9-18(10-8-17)34(30,31)27-13-15-32-16-14-27/h3,5-10H,4,11-16H2,1-2H3. The number of amides is 1. The molecule has 0 aliphatic carbocycles. The highest BCUT2D eigenvalue weighted by molar-refractivity contribution is 7.89. The van der Waals surface area contributed by atoms with Crippen LogP contribution in [0.5, 0.6) is 0 Å². The molecule has 0 spiro atoms. The molecule has 0 radical (unpaired) electrons. The van der Waals surface area contributed by atoms with Crippen LogP contribution >= 0.6 is 11.3 Å². The summed E-state index contributed by atoms with van der Waals surface area (Å²) in [6, 6.07) is 10.7. The molecule has 0 bridgehead atoms. The summed E-state index contributed by atoms with van der Waals surface area (Å²) in [4.78, 5) is 21.5. The highest BCUT2D eigenvalue weighted by atomic mass is 32.2. The molecule has 1 amide bonds. The quantitative estimate of drug-likeness (QED) is 0.467. The van der Waals surface area contributed by atoms with Crippen LogP contribution < -0.4 is 4.90 Å². The van der Waals surface area contributed by atoms with E-state index in [9.17, 15) is 17.6 Å². The lowest BCUT2D eigenvalue weighted by molar-refractivity contribution is 0.0730. The number of hydrogen-bond acceptors (Lipinski definition) is 7. The van der Waals surface area contributed by atoms with Crippen molar-refractivity contribution in [3.63, 3.8) is 0 Å². The van der Waals surface area contributed by atoms with E-state index < -0.39 is 15.8 Å². The van der Waals surface area contributed by atoms with Gasteiger partial charge in [-0.2, -0.15) is 4.31 Å². The maximum atomic E-state index is 14.2. The summed E-state index contributed by atoms with van der Waals surface area (Å²) in [6.45, 7) is 2.49. The number of hydrogen-bond donors (Lipinski definition) is 0. The van der Waals surface area contributed by atoms with Gasteiger partial charge in [0.2, 0.25) is 10.0 Å². The van der Waals surface area contributed by atoms with Gasteiger partial charge in [0.25, 0.3) is 5.91 Å². The Hall–Kier alpha value is -2.44. The molecule has 2 heterocycles. The van der Waals surface area contributed by atoms with Crippen LogP contribution in [0.2, 0.25) is 0 Å². The molecular formula is C23H27FN4O4S2. The molecule has 4 rings (SSSR count). The molecule has 8 nitrogen and oxygen atoms in total. The van der Waals surface area contributed by atoms with Crippen molar-refractivity contribution in [3.05, 3.63) is 53.8 Å². The molecule has 0 unspecified atom stereocenters. The fourth-order valence-corrected chi connectivity index (χ4v) is 6.12. The van der Waals surface area contributed by atoms with Crippen molar-refractivity contribution >= 4 is 42.6 Å². The molecular weight excluding hydrogens is 479 g/mol. The molecule has 0 saturated carbocycles. The number of aromatic nitrogens is 1. The minimum atomic E-state index is -3.65. The van der Waals surface area contributed by atoms with Crippen molar-refractivity contribution in [1.29, 1.82) is 0 Å². The normalized spacial score (nSPS) is 15.2. The third-order valence-corrected chi connectivity index (χ3v) is 8.49. The maximum absolute atomic E-state index is 14.2. The first-order valence-corrected chi connectivity index (χ1v) is 13.2. The van der Waals surface area contributed by atoms with Crippen LogP contribution in [0.1, 0.15) is 16.8 Å². The van der Waals surface area contributed by atoms with Crippen molar-refractivity contribution in [1.82, 2.24) is 14.2 Å². The predicted octanol–water partition coefficient (Wildman–Crippen LogP) is 3.05. The van der Waals surface area contributed by atoms with Gasteiger partial charge in [0, 0.05) is 25.2 Å². The number of sulfonamides is 1. The van der Waals surface area contributed by atoms with Crippen LogP contribution in [-0.4, -0.2) is 82.0 Å². The fourth-order valence-electron chi connectivity index (χ4n) is 3.71. The van der Waals surface area contributed by atoms with Crippen molar-refractivity contribution < 1.29 is 22.3 Å². The third-order valence-electron chi connectivity index (χ3n) is 5.53. The lowest BCUT2D eigenvalue weighted by Gasteiger charge is -2.26. The smallest absolute Gasteiger partial charge is 0.260 e. The highest BCUT2D eigenvalue weighted by Crippen LogP contribution is 2.31. The molecule has 1 fully saturated rings. The van der Waals surface area contributed by atoms with Crippen molar-refractivity contribution in [2.45, 2.75) is 11.3 Å². The zero-order chi connectivity index (χ0) is 24.3. The minimum absolute atomic E-state index is 0.132. The van der Waals surface area contributed by atoms with Crippen molar-refractivity contribution in [2.75, 3.05) is 58.4 Å². The summed E-state index contributed by atoms with van der Waals surface area (Å²) < 4.78 is 47.3. The summed E-state index contributed by atoms with van der Waals surface area (Å²) in [5.74, 6) is -0.744. The second-order valence-electron chi connectivity index (χ2n) is 8.24. The summed E-state index contributed by atoms with van der Waals surface area (Å²) in [5.41, 5.74) is 0.574. The monoisotopic (exact) mass is 506 g/mol. The average molecular weight is 507 g/mol. The SMILES string of the molecule is CN(C)CCCN(C(=O)c1ccc(S(=O)(=O)N2CCOCC2)cc1)c1nc2c(F)cccc2s1. The van der Waals surface area contributed by atoms with E-state index in [0.717, 1.165) is 6.54 Å². The maximum Gasteiger partial charge on any atom is 0.260 e. The van der Waals surface area contributed by atoms with Crippen LogP contribution in [0, 0.1) is 5.82 Å². The Labute approximate surface area is 202 Å². The Balaban J connectivity index is 1.60. The molecule has 1 aliphatic heterocycles. The van der Waals surface area contributed by atoms with Gasteiger partial charge in [-0.1, -0.05) is 17.4 Å². The summed E-state index contributed by atoms with van der Waals surface area (Å²) in [6.07, 6.45) is 0.695. The number of benzene rings is 2. The zero-order valence-corrected chi connectivity index (χ0v) is 20.7. The van der Waals surface area contributed by atoms with Gasteiger partial charge >= 0.3 is 0 Å². The van der Waals surface area contributed by atoms with Crippen LogP contribution in [0.25, 0.3) is 10.2 Å². The van der Waals surface area contributed by atoms with Crippen LogP contribution in [-0.2, 0) is 14.8 Å². The van der Waals surface area contributed by atoms with Crippen molar-refractivity contribution in [3.8, 4) is 0 Å². The Kier molecular flexibility index (Phi) is 7.58. The molecule has 1 aliphatic rings. The number of carbonyl (C=O) groups excluding carboxylic acids is 1. The van der Waals surface area contributed by atoms with E-state index in [1.165, 1.54) is 46.0 Å². The van der Waals surface area contributed by atoms with E-state index in [-0.39, 0.29) is 16.3 Å². The number of thiazole rings is 1. The topological polar surface area (TPSA) is 83.1 Å². The van der Waals surface area contributed by atoms with Crippen LogP contribution in [0.3, 0.4) is 0 Å². The molecule has 0 atom stereocenters.